The van der Waals surface area contributed by atoms with Gasteiger partial charge in [0, 0.05) is 0 Å². The van der Waals surface area contributed by atoms with E-state index in [-0.39, 0.29) is 16.5 Å². The summed E-state index contributed by atoms with van der Waals surface area (Å²) in [6, 6.07) is 8.33. The second-order valence-electron chi connectivity index (χ2n) is 4.51. The molecule has 0 aromatic heterocycles. The molecule has 1 N–H and O–H groups in total. The van der Waals surface area contributed by atoms with Gasteiger partial charge >= 0.3 is 12.8 Å². The number of benzene rings is 2. The van der Waals surface area contributed by atoms with Crippen molar-refractivity contribution in [3.8, 4) is 5.75 Å². The van der Waals surface area contributed by atoms with Crippen LogP contribution in [0.4, 0.5) is 27.6 Å². The van der Waals surface area contributed by atoms with Gasteiger partial charge in [0.25, 0.3) is 0 Å². The summed E-state index contributed by atoms with van der Waals surface area (Å²) < 4.78 is 66.1. The molecule has 0 saturated heterocycles. The second kappa shape index (κ2) is 7.48. The maximum Gasteiger partial charge on any atom is 0.416 e. The Morgan fingerprint density at radius 3 is 2.33 bits per heavy atom. The van der Waals surface area contributed by atoms with Gasteiger partial charge in [0.2, 0.25) is 0 Å². The van der Waals surface area contributed by atoms with Gasteiger partial charge in [-0.15, -0.1) is 0 Å². The van der Waals surface area contributed by atoms with Crippen LogP contribution in [-0.4, -0.2) is 12.8 Å². The molecule has 0 heterocycles. The van der Waals surface area contributed by atoms with Gasteiger partial charge in [-0.1, -0.05) is 11.6 Å². The van der Waals surface area contributed by atoms with Crippen LogP contribution in [-0.2, 0) is 6.18 Å². The Labute approximate surface area is 138 Å². The van der Waals surface area contributed by atoms with Gasteiger partial charge in [-0.05, 0) is 48.0 Å². The number of rotatable bonds is 5. The highest BCUT2D eigenvalue weighted by atomic mass is 35.5. The van der Waals surface area contributed by atoms with Crippen molar-refractivity contribution < 1.29 is 26.7 Å². The van der Waals surface area contributed by atoms with Gasteiger partial charge in [-0.3, -0.25) is 5.43 Å². The Morgan fingerprint density at radius 1 is 1.08 bits per heavy atom. The van der Waals surface area contributed by atoms with Gasteiger partial charge in [-0.25, -0.2) is 0 Å². The maximum absolute atomic E-state index is 12.6. The van der Waals surface area contributed by atoms with E-state index in [0.29, 0.717) is 5.56 Å². The first-order chi connectivity index (χ1) is 11.3. The zero-order valence-corrected chi connectivity index (χ0v) is 12.6. The molecule has 9 heteroatoms. The van der Waals surface area contributed by atoms with E-state index in [2.05, 4.69) is 15.3 Å². The minimum Gasteiger partial charge on any atom is -0.435 e. The topological polar surface area (TPSA) is 33.6 Å². The molecule has 2 rings (SSSR count). The molecule has 0 radical (unpaired) electrons. The molecule has 24 heavy (non-hydrogen) atoms. The summed E-state index contributed by atoms with van der Waals surface area (Å²) in [4.78, 5) is 0. The first kappa shape index (κ1) is 18.0. The quantitative estimate of drug-likeness (QED) is 0.437. The smallest absolute Gasteiger partial charge is 0.416 e. The molecule has 0 unspecified atom stereocenters. The lowest BCUT2D eigenvalue weighted by atomic mass is 10.2. The Balaban J connectivity index is 2.06. The molecule has 3 nitrogen and oxygen atoms in total. The van der Waals surface area contributed by atoms with Gasteiger partial charge in [0.1, 0.15) is 5.75 Å². The average molecular weight is 365 g/mol. The van der Waals surface area contributed by atoms with E-state index in [1.165, 1.54) is 30.5 Å². The lowest BCUT2D eigenvalue weighted by Crippen LogP contribution is -2.05. The highest BCUT2D eigenvalue weighted by Gasteiger charge is 2.30. The molecule has 0 fully saturated rings. The number of anilines is 1. The van der Waals surface area contributed by atoms with E-state index in [1.807, 2.05) is 0 Å². The molecule has 0 bridgehead atoms. The van der Waals surface area contributed by atoms with Crippen molar-refractivity contribution in [2.24, 2.45) is 5.10 Å². The number of alkyl halides is 5. The number of hydrogen-bond acceptors (Lipinski definition) is 3. The van der Waals surface area contributed by atoms with Crippen LogP contribution in [0.2, 0.25) is 5.02 Å². The van der Waals surface area contributed by atoms with Crippen LogP contribution in [0.3, 0.4) is 0 Å². The van der Waals surface area contributed by atoms with Crippen molar-refractivity contribution >= 4 is 23.5 Å². The van der Waals surface area contributed by atoms with Crippen LogP contribution in [0.5, 0.6) is 5.75 Å². The molecule has 0 spiro atoms. The van der Waals surface area contributed by atoms with E-state index in [0.717, 1.165) is 18.2 Å². The molecule has 2 aromatic carbocycles. The third-order valence-corrected chi connectivity index (χ3v) is 3.13. The number of nitrogens with zero attached hydrogens (tertiary/aromatic N) is 1. The Morgan fingerprint density at radius 2 is 1.75 bits per heavy atom. The normalized spacial score (nSPS) is 12.0. The molecule has 0 amide bonds. The highest BCUT2D eigenvalue weighted by Crippen LogP contribution is 2.33. The zero-order valence-electron chi connectivity index (χ0n) is 11.8. The number of ether oxygens (including phenoxy) is 1. The summed E-state index contributed by atoms with van der Waals surface area (Å²) in [7, 11) is 0. The van der Waals surface area contributed by atoms with Gasteiger partial charge in [0.05, 0.1) is 22.5 Å². The average Bonchev–Trinajstić information content (AvgIpc) is 2.49. The summed E-state index contributed by atoms with van der Waals surface area (Å²) in [6.07, 6.45) is -3.20. The summed E-state index contributed by atoms with van der Waals surface area (Å²) >= 11 is 5.81. The first-order valence-corrected chi connectivity index (χ1v) is 6.84. The van der Waals surface area contributed by atoms with Gasteiger partial charge < -0.3 is 4.74 Å². The third-order valence-electron chi connectivity index (χ3n) is 2.80. The molecule has 2 aromatic rings. The molecule has 0 aliphatic carbocycles. The molecular weight excluding hydrogens is 355 g/mol. The molecular formula is C15H10ClF5N2O. The predicted molar refractivity (Wildman–Crippen MR) is 80.7 cm³/mol. The van der Waals surface area contributed by atoms with Crippen molar-refractivity contribution in [2.45, 2.75) is 12.8 Å². The van der Waals surface area contributed by atoms with Crippen LogP contribution in [0.1, 0.15) is 11.1 Å². The van der Waals surface area contributed by atoms with Crippen molar-refractivity contribution in [1.82, 2.24) is 0 Å². The molecule has 0 aliphatic rings. The standard InChI is InChI=1S/C15H10ClF5N2O/c16-12-6-3-10(15(19,20)21)7-13(12)23-22-8-9-1-4-11(5-2-9)24-14(17)18/h1-8,14,23H/b22-8-. The van der Waals surface area contributed by atoms with Crippen LogP contribution in [0, 0.1) is 0 Å². The summed E-state index contributed by atoms with van der Waals surface area (Å²) in [5, 5.41) is 3.84. The molecule has 0 aliphatic heterocycles. The highest BCUT2D eigenvalue weighted by molar-refractivity contribution is 6.33. The van der Waals surface area contributed by atoms with E-state index in [1.54, 1.807) is 0 Å². The third kappa shape index (κ3) is 5.09. The summed E-state index contributed by atoms with van der Waals surface area (Å²) in [5.74, 6) is -0.0176. The van der Waals surface area contributed by atoms with Gasteiger partial charge in [-0.2, -0.15) is 27.1 Å². The van der Waals surface area contributed by atoms with E-state index in [9.17, 15) is 22.0 Å². The van der Waals surface area contributed by atoms with Crippen LogP contribution < -0.4 is 10.2 Å². The van der Waals surface area contributed by atoms with Crippen LogP contribution >= 0.6 is 11.6 Å². The maximum atomic E-state index is 12.6. The number of nitrogens with one attached hydrogen (secondary N) is 1. The monoisotopic (exact) mass is 364 g/mol. The molecule has 0 saturated carbocycles. The van der Waals surface area contributed by atoms with Crippen LogP contribution in [0.25, 0.3) is 0 Å². The first-order valence-electron chi connectivity index (χ1n) is 6.46. The summed E-state index contributed by atoms with van der Waals surface area (Å²) in [5.41, 5.74) is 2.05. The lowest BCUT2D eigenvalue weighted by molar-refractivity contribution is -0.137. The van der Waals surface area contributed by atoms with E-state index in [4.69, 9.17) is 11.6 Å². The van der Waals surface area contributed by atoms with Gasteiger partial charge in [0.15, 0.2) is 0 Å². The lowest BCUT2D eigenvalue weighted by Gasteiger charge is -2.09. The molecule has 0 atom stereocenters. The fourth-order valence-electron chi connectivity index (χ4n) is 1.70. The minimum absolute atomic E-state index is 0.0135. The van der Waals surface area contributed by atoms with Crippen LogP contribution in [0.15, 0.2) is 47.6 Å². The molecule has 128 valence electrons. The Hall–Kier alpha value is -2.35. The second-order valence-corrected chi connectivity index (χ2v) is 4.92. The summed E-state index contributed by atoms with van der Waals surface area (Å²) in [6.45, 7) is -2.92. The number of hydrogen-bond donors (Lipinski definition) is 1. The fourth-order valence-corrected chi connectivity index (χ4v) is 1.86. The zero-order chi connectivity index (χ0) is 17.7. The largest absolute Gasteiger partial charge is 0.435 e. The Kier molecular flexibility index (Phi) is 5.61. The van der Waals surface area contributed by atoms with E-state index < -0.39 is 18.4 Å². The predicted octanol–water partition coefficient (Wildman–Crippen LogP) is 5.41. The minimum atomic E-state index is -4.49. The number of hydrazone groups is 1. The number of halogens is 6. The fraction of sp³-hybridized carbons (Fsp3) is 0.133. The van der Waals surface area contributed by atoms with Crippen molar-refractivity contribution in [3.05, 3.63) is 58.6 Å². The Bertz CT molecular complexity index is 717. The van der Waals surface area contributed by atoms with Crippen molar-refractivity contribution in [3.63, 3.8) is 0 Å². The van der Waals surface area contributed by atoms with E-state index >= 15 is 0 Å². The SMILES string of the molecule is FC(F)Oc1ccc(/C=N\Nc2cc(C(F)(F)F)ccc2Cl)cc1. The van der Waals surface area contributed by atoms with Crippen molar-refractivity contribution in [2.75, 3.05) is 5.43 Å². The van der Waals surface area contributed by atoms with Crippen molar-refractivity contribution in [1.29, 1.82) is 0 Å².